The van der Waals surface area contributed by atoms with Gasteiger partial charge in [0.25, 0.3) is 5.91 Å². The minimum Gasteiger partial charge on any atom is -0.497 e. The standard InChI is InChI=1S/C19H27N3O3/c1-12(2)17(19(24)22-10-14-8-20-9-15(14)11-22)21-18(23)13-4-6-16(25-3)7-5-13/h4-7,12,14-15,17,20H,8-11H2,1-3H3,(H,21,23)/t14-,15+,17?. The fourth-order valence-electron chi connectivity index (χ4n) is 3.71. The first-order chi connectivity index (χ1) is 12.0. The molecule has 3 rings (SSSR count). The average Bonchev–Trinajstić information content (AvgIpc) is 3.20. The molecule has 2 N–H and O–H groups in total. The minimum absolute atomic E-state index is 0.0336. The lowest BCUT2D eigenvalue weighted by molar-refractivity contribution is -0.133. The van der Waals surface area contributed by atoms with E-state index in [1.54, 1.807) is 31.4 Å². The minimum atomic E-state index is -0.499. The van der Waals surface area contributed by atoms with Crippen LogP contribution in [-0.2, 0) is 4.79 Å². The molecule has 1 aromatic carbocycles. The van der Waals surface area contributed by atoms with Gasteiger partial charge in [0.2, 0.25) is 5.91 Å². The Labute approximate surface area is 148 Å². The predicted octanol–water partition coefficient (Wildman–Crippen LogP) is 1.13. The van der Waals surface area contributed by atoms with Crippen LogP contribution in [0, 0.1) is 17.8 Å². The highest BCUT2D eigenvalue weighted by atomic mass is 16.5. The summed E-state index contributed by atoms with van der Waals surface area (Å²) >= 11 is 0. The largest absolute Gasteiger partial charge is 0.497 e. The lowest BCUT2D eigenvalue weighted by Crippen LogP contribution is -2.51. The molecular formula is C19H27N3O3. The van der Waals surface area contributed by atoms with Crippen molar-refractivity contribution in [1.29, 1.82) is 0 Å². The van der Waals surface area contributed by atoms with E-state index in [0.717, 1.165) is 26.2 Å². The van der Waals surface area contributed by atoms with E-state index in [2.05, 4.69) is 10.6 Å². The van der Waals surface area contributed by atoms with Gasteiger partial charge in [-0.1, -0.05) is 13.8 Å². The summed E-state index contributed by atoms with van der Waals surface area (Å²) < 4.78 is 5.11. The molecule has 2 aliphatic heterocycles. The van der Waals surface area contributed by atoms with Crippen LogP contribution in [0.2, 0.25) is 0 Å². The van der Waals surface area contributed by atoms with Crippen LogP contribution >= 0.6 is 0 Å². The quantitative estimate of drug-likeness (QED) is 0.839. The van der Waals surface area contributed by atoms with Gasteiger partial charge in [-0.05, 0) is 42.0 Å². The molecule has 0 spiro atoms. The van der Waals surface area contributed by atoms with E-state index >= 15 is 0 Å². The zero-order valence-electron chi connectivity index (χ0n) is 15.1. The zero-order chi connectivity index (χ0) is 18.0. The van der Waals surface area contributed by atoms with Crippen LogP contribution in [0.5, 0.6) is 5.75 Å². The van der Waals surface area contributed by atoms with E-state index in [9.17, 15) is 9.59 Å². The molecule has 0 bridgehead atoms. The molecule has 6 nitrogen and oxygen atoms in total. The van der Waals surface area contributed by atoms with Crippen molar-refractivity contribution in [2.75, 3.05) is 33.3 Å². The summed E-state index contributed by atoms with van der Waals surface area (Å²) in [4.78, 5) is 27.4. The molecule has 2 heterocycles. The van der Waals surface area contributed by atoms with Crippen molar-refractivity contribution in [2.45, 2.75) is 19.9 Å². The number of hydrogen-bond donors (Lipinski definition) is 2. The molecule has 0 aromatic heterocycles. The summed E-state index contributed by atoms with van der Waals surface area (Å²) in [6.45, 7) is 7.49. The second-order valence-corrected chi connectivity index (χ2v) is 7.35. The number of fused-ring (bicyclic) bond motifs is 1. The first-order valence-corrected chi connectivity index (χ1v) is 8.94. The molecule has 0 aliphatic carbocycles. The third-order valence-electron chi connectivity index (χ3n) is 5.27. The highest BCUT2D eigenvalue weighted by Gasteiger charge is 2.40. The van der Waals surface area contributed by atoms with Crippen LogP contribution in [0.1, 0.15) is 24.2 Å². The average molecular weight is 345 g/mol. The van der Waals surface area contributed by atoms with E-state index in [1.165, 1.54) is 0 Å². The maximum atomic E-state index is 13.0. The highest BCUT2D eigenvalue weighted by Crippen LogP contribution is 2.27. The predicted molar refractivity (Wildman–Crippen MR) is 95.5 cm³/mol. The van der Waals surface area contributed by atoms with Gasteiger partial charge in [0.15, 0.2) is 0 Å². The zero-order valence-corrected chi connectivity index (χ0v) is 15.1. The van der Waals surface area contributed by atoms with Crippen LogP contribution < -0.4 is 15.4 Å². The molecule has 0 radical (unpaired) electrons. The van der Waals surface area contributed by atoms with Gasteiger partial charge in [0.1, 0.15) is 11.8 Å². The summed E-state index contributed by atoms with van der Waals surface area (Å²) in [5.41, 5.74) is 0.529. The molecule has 1 unspecified atom stereocenters. The van der Waals surface area contributed by atoms with E-state index in [1.807, 2.05) is 18.7 Å². The SMILES string of the molecule is COc1ccc(C(=O)NC(C(=O)N2C[C@H]3CNC[C@H]3C2)C(C)C)cc1. The van der Waals surface area contributed by atoms with Crippen molar-refractivity contribution in [3.05, 3.63) is 29.8 Å². The third-order valence-corrected chi connectivity index (χ3v) is 5.27. The van der Waals surface area contributed by atoms with Crippen LogP contribution in [0.15, 0.2) is 24.3 Å². The number of rotatable bonds is 5. The van der Waals surface area contributed by atoms with E-state index in [4.69, 9.17) is 4.74 Å². The Hall–Kier alpha value is -2.08. The maximum Gasteiger partial charge on any atom is 0.251 e. The van der Waals surface area contributed by atoms with E-state index < -0.39 is 6.04 Å². The molecule has 3 atom stereocenters. The number of amides is 2. The molecular weight excluding hydrogens is 318 g/mol. The van der Waals surface area contributed by atoms with Gasteiger partial charge >= 0.3 is 0 Å². The number of hydrogen-bond acceptors (Lipinski definition) is 4. The van der Waals surface area contributed by atoms with Crippen LogP contribution in [-0.4, -0.2) is 56.0 Å². The van der Waals surface area contributed by atoms with Crippen LogP contribution in [0.4, 0.5) is 0 Å². The first kappa shape index (κ1) is 17.7. The van der Waals surface area contributed by atoms with Crippen molar-refractivity contribution >= 4 is 11.8 Å². The maximum absolute atomic E-state index is 13.0. The smallest absolute Gasteiger partial charge is 0.251 e. The molecule has 2 amide bonds. The second kappa shape index (κ2) is 7.44. The number of carbonyl (C=O) groups excluding carboxylic acids is 2. The number of ether oxygens (including phenoxy) is 1. The topological polar surface area (TPSA) is 70.7 Å². The van der Waals surface area contributed by atoms with Crippen molar-refractivity contribution in [3.8, 4) is 5.75 Å². The normalized spacial score (nSPS) is 23.4. The van der Waals surface area contributed by atoms with Crippen molar-refractivity contribution in [1.82, 2.24) is 15.5 Å². The lowest BCUT2D eigenvalue weighted by atomic mass is 10.0. The van der Waals surface area contributed by atoms with Crippen molar-refractivity contribution in [2.24, 2.45) is 17.8 Å². The number of benzene rings is 1. The van der Waals surface area contributed by atoms with Gasteiger partial charge in [-0.2, -0.15) is 0 Å². The fraction of sp³-hybridized carbons (Fsp3) is 0.579. The Balaban J connectivity index is 1.66. The molecule has 6 heteroatoms. The van der Waals surface area contributed by atoms with Crippen LogP contribution in [0.3, 0.4) is 0 Å². The number of carbonyl (C=O) groups is 2. The fourth-order valence-corrected chi connectivity index (χ4v) is 3.71. The highest BCUT2D eigenvalue weighted by molar-refractivity contribution is 5.97. The Morgan fingerprint density at radius 1 is 1.16 bits per heavy atom. The molecule has 0 saturated carbocycles. The Morgan fingerprint density at radius 3 is 2.28 bits per heavy atom. The van der Waals surface area contributed by atoms with Crippen molar-refractivity contribution in [3.63, 3.8) is 0 Å². The molecule has 2 fully saturated rings. The Kier molecular flexibility index (Phi) is 5.27. The molecule has 2 saturated heterocycles. The number of methoxy groups -OCH3 is 1. The summed E-state index contributed by atoms with van der Waals surface area (Å²) in [6.07, 6.45) is 0. The van der Waals surface area contributed by atoms with Gasteiger partial charge in [-0.15, -0.1) is 0 Å². The molecule has 1 aromatic rings. The van der Waals surface area contributed by atoms with Gasteiger partial charge in [0, 0.05) is 31.7 Å². The lowest BCUT2D eigenvalue weighted by Gasteiger charge is -2.27. The molecule has 136 valence electrons. The van der Waals surface area contributed by atoms with Gasteiger partial charge in [-0.25, -0.2) is 0 Å². The molecule has 2 aliphatic rings. The van der Waals surface area contributed by atoms with Crippen LogP contribution in [0.25, 0.3) is 0 Å². The van der Waals surface area contributed by atoms with Gasteiger partial charge < -0.3 is 20.3 Å². The van der Waals surface area contributed by atoms with E-state index in [-0.39, 0.29) is 17.7 Å². The second-order valence-electron chi connectivity index (χ2n) is 7.35. The summed E-state index contributed by atoms with van der Waals surface area (Å²) in [5.74, 6) is 1.64. The summed E-state index contributed by atoms with van der Waals surface area (Å²) in [7, 11) is 1.59. The number of nitrogens with zero attached hydrogens (tertiary/aromatic N) is 1. The monoisotopic (exact) mass is 345 g/mol. The van der Waals surface area contributed by atoms with Gasteiger partial charge in [0.05, 0.1) is 7.11 Å². The van der Waals surface area contributed by atoms with Gasteiger partial charge in [-0.3, -0.25) is 9.59 Å². The third kappa shape index (κ3) is 3.79. The number of likely N-dealkylation sites (tertiary alicyclic amines) is 1. The summed E-state index contributed by atoms with van der Waals surface area (Å²) in [5, 5.41) is 6.31. The Morgan fingerprint density at radius 2 is 1.76 bits per heavy atom. The first-order valence-electron chi connectivity index (χ1n) is 8.94. The Bertz CT molecular complexity index is 617. The number of nitrogens with one attached hydrogen (secondary N) is 2. The van der Waals surface area contributed by atoms with E-state index in [0.29, 0.717) is 23.1 Å². The molecule has 25 heavy (non-hydrogen) atoms. The summed E-state index contributed by atoms with van der Waals surface area (Å²) in [6, 6.07) is 6.41. The van der Waals surface area contributed by atoms with Crippen molar-refractivity contribution < 1.29 is 14.3 Å².